The summed E-state index contributed by atoms with van der Waals surface area (Å²) < 4.78 is 15.9. The van der Waals surface area contributed by atoms with Crippen LogP contribution in [0.15, 0.2) is 66.7 Å². The molecule has 1 aliphatic heterocycles. The quantitative estimate of drug-likeness (QED) is 0.359. The zero-order valence-electron chi connectivity index (χ0n) is 21.5. The van der Waals surface area contributed by atoms with Gasteiger partial charge in [-0.2, -0.15) is 0 Å². The highest BCUT2D eigenvalue weighted by Gasteiger charge is 2.44. The van der Waals surface area contributed by atoms with Crippen molar-refractivity contribution in [1.29, 1.82) is 0 Å². The lowest BCUT2D eigenvalue weighted by Gasteiger charge is -2.28. The average Bonchev–Trinajstić information content (AvgIpc) is 3.23. The van der Waals surface area contributed by atoms with Gasteiger partial charge in [0.1, 0.15) is 11.8 Å². The molecule has 8 nitrogen and oxygen atoms in total. The summed E-state index contributed by atoms with van der Waals surface area (Å²) in [7, 11) is 4.66. The largest absolute Gasteiger partial charge is 0.497 e. The van der Waals surface area contributed by atoms with Crippen molar-refractivity contribution in [2.24, 2.45) is 0 Å². The summed E-state index contributed by atoms with van der Waals surface area (Å²) in [4.78, 5) is 42.7. The van der Waals surface area contributed by atoms with Crippen molar-refractivity contribution in [3.05, 3.63) is 82.9 Å². The Morgan fingerprint density at radius 3 is 2.18 bits per heavy atom. The fraction of sp³-hybridized carbons (Fsp3) is 0.276. The Morgan fingerprint density at radius 1 is 0.895 bits per heavy atom. The Kier molecular flexibility index (Phi) is 8.53. The highest BCUT2D eigenvalue weighted by molar-refractivity contribution is 6.30. The fourth-order valence-electron chi connectivity index (χ4n) is 4.48. The molecule has 0 bridgehead atoms. The molecule has 3 amide bonds. The third kappa shape index (κ3) is 5.92. The van der Waals surface area contributed by atoms with E-state index in [-0.39, 0.29) is 31.2 Å². The second-order valence-electron chi connectivity index (χ2n) is 8.82. The average molecular weight is 537 g/mol. The Morgan fingerprint density at radius 2 is 1.55 bits per heavy atom. The number of rotatable bonds is 10. The van der Waals surface area contributed by atoms with Gasteiger partial charge >= 0.3 is 0 Å². The minimum atomic E-state index is -0.912. The zero-order chi connectivity index (χ0) is 27.2. The molecule has 198 valence electrons. The maximum Gasteiger partial charge on any atom is 0.257 e. The van der Waals surface area contributed by atoms with Crippen molar-refractivity contribution in [3.8, 4) is 17.2 Å². The minimum Gasteiger partial charge on any atom is -0.497 e. The van der Waals surface area contributed by atoms with Gasteiger partial charge in [-0.3, -0.25) is 14.4 Å². The van der Waals surface area contributed by atoms with E-state index in [2.05, 4.69) is 0 Å². The van der Waals surface area contributed by atoms with Crippen LogP contribution in [0.5, 0.6) is 17.2 Å². The molecule has 3 aromatic rings. The first-order chi connectivity index (χ1) is 18.3. The van der Waals surface area contributed by atoms with Crippen LogP contribution in [0.1, 0.15) is 17.5 Å². The topological polar surface area (TPSA) is 85.4 Å². The number of anilines is 1. The van der Waals surface area contributed by atoms with Crippen LogP contribution in [0.2, 0.25) is 5.02 Å². The van der Waals surface area contributed by atoms with Gasteiger partial charge in [0.25, 0.3) is 5.91 Å². The van der Waals surface area contributed by atoms with Crippen LogP contribution in [-0.4, -0.2) is 56.5 Å². The summed E-state index contributed by atoms with van der Waals surface area (Å²) in [5, 5.41) is 0.568. The lowest BCUT2D eigenvalue weighted by molar-refractivity contribution is -0.137. The van der Waals surface area contributed by atoms with Crippen LogP contribution >= 0.6 is 11.6 Å². The standard InChI is InChI=1S/C29H29ClN2O6/c1-36-23-11-9-22(10-12-23)32-28(34)18-24(29(32)35)31(27(33)17-19-4-7-21(30)8-5-19)15-14-20-6-13-25(37-2)26(16-20)38-3/h4-13,16,24H,14-15,17-18H2,1-3H3. The number of benzene rings is 3. The smallest absolute Gasteiger partial charge is 0.257 e. The second kappa shape index (κ2) is 12.0. The summed E-state index contributed by atoms with van der Waals surface area (Å²) in [6, 6.07) is 18.3. The summed E-state index contributed by atoms with van der Waals surface area (Å²) in [5.74, 6) is 0.729. The van der Waals surface area contributed by atoms with E-state index in [1.54, 1.807) is 75.9 Å². The SMILES string of the molecule is COc1ccc(N2C(=O)CC(N(CCc3ccc(OC)c(OC)c3)C(=O)Cc3ccc(Cl)cc3)C2=O)cc1. The van der Waals surface area contributed by atoms with Crippen molar-refractivity contribution in [3.63, 3.8) is 0 Å². The van der Waals surface area contributed by atoms with E-state index in [1.807, 2.05) is 12.1 Å². The molecular formula is C29H29ClN2O6. The van der Waals surface area contributed by atoms with Crippen molar-refractivity contribution in [2.45, 2.75) is 25.3 Å². The van der Waals surface area contributed by atoms with Crippen LogP contribution in [0.4, 0.5) is 5.69 Å². The predicted octanol–water partition coefficient (Wildman–Crippen LogP) is 4.31. The molecule has 0 aromatic heterocycles. The molecule has 0 N–H and O–H groups in total. The predicted molar refractivity (Wildman–Crippen MR) is 144 cm³/mol. The number of carbonyl (C=O) groups is 3. The molecule has 1 aliphatic rings. The third-order valence-corrected chi connectivity index (χ3v) is 6.76. The second-order valence-corrected chi connectivity index (χ2v) is 9.25. The number of nitrogens with zero attached hydrogens (tertiary/aromatic N) is 2. The van der Waals surface area contributed by atoms with Gasteiger partial charge in [-0.1, -0.05) is 29.8 Å². The van der Waals surface area contributed by atoms with Crippen molar-refractivity contribution < 1.29 is 28.6 Å². The molecule has 1 unspecified atom stereocenters. The van der Waals surface area contributed by atoms with Gasteiger partial charge in [-0.15, -0.1) is 0 Å². The Labute approximate surface area is 226 Å². The molecule has 0 radical (unpaired) electrons. The number of hydrogen-bond donors (Lipinski definition) is 0. The Bertz CT molecular complexity index is 1310. The number of hydrogen-bond acceptors (Lipinski definition) is 6. The molecule has 38 heavy (non-hydrogen) atoms. The molecule has 4 rings (SSSR count). The van der Waals surface area contributed by atoms with E-state index in [9.17, 15) is 14.4 Å². The molecule has 1 heterocycles. The van der Waals surface area contributed by atoms with Gasteiger partial charge in [-0.05, 0) is 66.1 Å². The van der Waals surface area contributed by atoms with Gasteiger partial charge in [0.2, 0.25) is 11.8 Å². The lowest BCUT2D eigenvalue weighted by Crippen LogP contribution is -2.47. The minimum absolute atomic E-state index is 0.0730. The molecule has 1 saturated heterocycles. The van der Waals surface area contributed by atoms with E-state index in [4.69, 9.17) is 25.8 Å². The monoisotopic (exact) mass is 536 g/mol. The maximum absolute atomic E-state index is 13.6. The lowest BCUT2D eigenvalue weighted by atomic mass is 10.1. The number of halogens is 1. The molecule has 3 aromatic carbocycles. The van der Waals surface area contributed by atoms with Gasteiger partial charge in [0, 0.05) is 11.6 Å². The maximum atomic E-state index is 13.6. The molecule has 1 atom stereocenters. The molecule has 1 fully saturated rings. The zero-order valence-corrected chi connectivity index (χ0v) is 22.2. The van der Waals surface area contributed by atoms with Crippen LogP contribution in [0.25, 0.3) is 0 Å². The van der Waals surface area contributed by atoms with Gasteiger partial charge in [0.15, 0.2) is 11.5 Å². The molecule has 0 spiro atoms. The van der Waals surface area contributed by atoms with Crippen LogP contribution in [0.3, 0.4) is 0 Å². The van der Waals surface area contributed by atoms with E-state index < -0.39 is 11.9 Å². The van der Waals surface area contributed by atoms with Crippen LogP contribution in [-0.2, 0) is 27.2 Å². The number of amides is 3. The summed E-state index contributed by atoms with van der Waals surface area (Å²) in [6.07, 6.45) is 0.431. The highest BCUT2D eigenvalue weighted by Crippen LogP contribution is 2.30. The number of imide groups is 1. The van der Waals surface area contributed by atoms with Gasteiger partial charge < -0.3 is 19.1 Å². The van der Waals surface area contributed by atoms with E-state index in [1.165, 1.54) is 4.90 Å². The molecule has 0 aliphatic carbocycles. The third-order valence-electron chi connectivity index (χ3n) is 6.51. The molecular weight excluding hydrogens is 508 g/mol. The normalized spacial score (nSPS) is 14.9. The van der Waals surface area contributed by atoms with Gasteiger partial charge in [-0.25, -0.2) is 4.90 Å². The summed E-state index contributed by atoms with van der Waals surface area (Å²) in [5.41, 5.74) is 2.10. The first-order valence-corrected chi connectivity index (χ1v) is 12.5. The number of carbonyl (C=O) groups excluding carboxylic acids is 3. The van der Waals surface area contributed by atoms with Crippen molar-refractivity contribution in [2.75, 3.05) is 32.8 Å². The first-order valence-electron chi connectivity index (χ1n) is 12.1. The molecule has 9 heteroatoms. The van der Waals surface area contributed by atoms with Crippen molar-refractivity contribution in [1.82, 2.24) is 4.90 Å². The van der Waals surface area contributed by atoms with E-state index >= 15 is 0 Å². The van der Waals surface area contributed by atoms with E-state index in [0.717, 1.165) is 16.0 Å². The first kappa shape index (κ1) is 27.0. The van der Waals surface area contributed by atoms with E-state index in [0.29, 0.717) is 34.4 Å². The number of methoxy groups -OCH3 is 3. The fourth-order valence-corrected chi connectivity index (χ4v) is 4.61. The molecule has 0 saturated carbocycles. The summed E-state index contributed by atoms with van der Waals surface area (Å²) >= 11 is 6.00. The number of ether oxygens (including phenoxy) is 3. The Hall–Kier alpha value is -4.04. The highest BCUT2D eigenvalue weighted by atomic mass is 35.5. The van der Waals surface area contributed by atoms with Crippen LogP contribution in [0, 0.1) is 0 Å². The van der Waals surface area contributed by atoms with Gasteiger partial charge in [0.05, 0.1) is 39.9 Å². The van der Waals surface area contributed by atoms with Crippen LogP contribution < -0.4 is 19.1 Å². The summed E-state index contributed by atoms with van der Waals surface area (Å²) in [6.45, 7) is 0.238. The van der Waals surface area contributed by atoms with Crippen molar-refractivity contribution >= 4 is 35.0 Å². The Balaban J connectivity index is 1.59.